The lowest BCUT2D eigenvalue weighted by atomic mass is 9.92. The normalized spacial score (nSPS) is 18.2. The molecule has 2 aromatic rings. The first kappa shape index (κ1) is 22.5. The second-order valence-electron chi connectivity index (χ2n) is 9.34. The largest absolute Gasteiger partial charge is 0.474 e. The number of aromatic nitrogens is 2. The smallest absolute Gasteiger partial charge is 0.304 e. The monoisotopic (exact) mass is 463 g/mol. The van der Waals surface area contributed by atoms with Gasteiger partial charge in [0, 0.05) is 30.8 Å². The first-order valence-corrected chi connectivity index (χ1v) is 12.1. The Kier molecular flexibility index (Phi) is 5.89. The van der Waals surface area contributed by atoms with Crippen LogP contribution in [0.3, 0.4) is 0 Å². The Morgan fingerprint density at radius 3 is 2.56 bits per heavy atom. The van der Waals surface area contributed by atoms with E-state index >= 15 is 0 Å². The fraction of sp³-hybridized carbons (Fsp3) is 0.571. The van der Waals surface area contributed by atoms with Gasteiger partial charge in [0.1, 0.15) is 12.3 Å². The SMILES string of the molecule is CC1CCN(S(=O)(=O)N2CCOc3ncc(C(=O)Nc4cc(C(C)(C)C)no4)cc32)CC1. The van der Waals surface area contributed by atoms with Gasteiger partial charge in [0.25, 0.3) is 5.91 Å². The Bertz CT molecular complexity index is 1100. The third-order valence-electron chi connectivity index (χ3n) is 5.76. The Morgan fingerprint density at radius 2 is 1.91 bits per heavy atom. The van der Waals surface area contributed by atoms with E-state index in [1.807, 2.05) is 20.8 Å². The Labute approximate surface area is 188 Å². The van der Waals surface area contributed by atoms with Crippen LogP contribution in [0.4, 0.5) is 11.6 Å². The Balaban J connectivity index is 1.57. The van der Waals surface area contributed by atoms with E-state index < -0.39 is 16.1 Å². The number of hydrogen-bond acceptors (Lipinski definition) is 7. The van der Waals surface area contributed by atoms with Gasteiger partial charge >= 0.3 is 10.2 Å². The van der Waals surface area contributed by atoms with E-state index in [9.17, 15) is 13.2 Å². The molecule has 1 fully saturated rings. The molecule has 1 N–H and O–H groups in total. The van der Waals surface area contributed by atoms with Crippen LogP contribution in [0.5, 0.6) is 5.88 Å². The van der Waals surface area contributed by atoms with Crippen LogP contribution < -0.4 is 14.4 Å². The summed E-state index contributed by atoms with van der Waals surface area (Å²) in [6.07, 6.45) is 3.00. The van der Waals surface area contributed by atoms with Crippen LogP contribution in [0.15, 0.2) is 22.9 Å². The molecule has 1 saturated heterocycles. The number of ether oxygens (including phenoxy) is 1. The maximum absolute atomic E-state index is 13.3. The average molecular weight is 464 g/mol. The number of nitrogens with one attached hydrogen (secondary N) is 1. The number of nitrogens with zero attached hydrogens (tertiary/aromatic N) is 4. The summed E-state index contributed by atoms with van der Waals surface area (Å²) in [5.74, 6) is 0.425. The van der Waals surface area contributed by atoms with Crippen molar-refractivity contribution in [1.82, 2.24) is 14.4 Å². The van der Waals surface area contributed by atoms with Crippen molar-refractivity contribution in [3.05, 3.63) is 29.6 Å². The number of amides is 1. The molecular weight excluding hydrogens is 434 g/mol. The molecule has 0 bridgehead atoms. The molecule has 1 amide bonds. The summed E-state index contributed by atoms with van der Waals surface area (Å²) < 4.78 is 40.2. The van der Waals surface area contributed by atoms with Gasteiger partial charge in [-0.05, 0) is 24.8 Å². The van der Waals surface area contributed by atoms with Crippen molar-refractivity contribution in [3.8, 4) is 5.88 Å². The van der Waals surface area contributed by atoms with Crippen LogP contribution in [-0.2, 0) is 15.6 Å². The van der Waals surface area contributed by atoms with Crippen LogP contribution in [0.2, 0.25) is 0 Å². The number of carbonyl (C=O) groups excluding carboxylic acids is 1. The molecule has 2 aliphatic heterocycles. The molecule has 4 heterocycles. The molecule has 0 saturated carbocycles. The van der Waals surface area contributed by atoms with Crippen molar-refractivity contribution in [3.63, 3.8) is 0 Å². The van der Waals surface area contributed by atoms with Crippen molar-refractivity contribution in [2.75, 3.05) is 35.9 Å². The predicted molar refractivity (Wildman–Crippen MR) is 119 cm³/mol. The van der Waals surface area contributed by atoms with Crippen molar-refractivity contribution in [2.24, 2.45) is 5.92 Å². The molecule has 0 atom stereocenters. The van der Waals surface area contributed by atoms with Crippen LogP contribution in [0, 0.1) is 5.92 Å². The van der Waals surface area contributed by atoms with Gasteiger partial charge in [-0.25, -0.2) is 9.29 Å². The molecule has 0 spiro atoms. The molecule has 11 heteroatoms. The molecule has 4 rings (SSSR count). The Morgan fingerprint density at radius 1 is 1.19 bits per heavy atom. The number of hydrogen-bond donors (Lipinski definition) is 1. The number of rotatable bonds is 4. The van der Waals surface area contributed by atoms with E-state index in [0.29, 0.717) is 24.7 Å². The summed E-state index contributed by atoms with van der Waals surface area (Å²) >= 11 is 0. The highest BCUT2D eigenvalue weighted by Gasteiger charge is 2.36. The third-order valence-corrected chi connectivity index (χ3v) is 7.71. The maximum atomic E-state index is 13.3. The molecule has 2 aliphatic rings. The van der Waals surface area contributed by atoms with Gasteiger partial charge in [-0.3, -0.25) is 10.1 Å². The molecular formula is C21H29N5O5S. The number of carbonyl (C=O) groups is 1. The first-order chi connectivity index (χ1) is 15.1. The van der Waals surface area contributed by atoms with E-state index in [-0.39, 0.29) is 41.6 Å². The van der Waals surface area contributed by atoms with Crippen molar-refractivity contribution < 1.29 is 22.5 Å². The molecule has 0 aliphatic carbocycles. The molecule has 0 radical (unpaired) electrons. The second-order valence-corrected chi connectivity index (χ2v) is 11.2. The second kappa shape index (κ2) is 8.36. The van der Waals surface area contributed by atoms with Gasteiger partial charge in [0.05, 0.1) is 17.8 Å². The third kappa shape index (κ3) is 4.44. The number of pyridine rings is 1. The summed E-state index contributed by atoms with van der Waals surface area (Å²) in [5, 5.41) is 6.64. The van der Waals surface area contributed by atoms with Crippen molar-refractivity contribution >= 4 is 27.7 Å². The van der Waals surface area contributed by atoms with Gasteiger partial charge < -0.3 is 9.26 Å². The molecule has 174 valence electrons. The number of piperidine rings is 1. The standard InChI is InChI=1S/C21H29N5O5S/c1-14-5-7-25(8-6-14)32(28,29)26-9-10-30-20-16(26)11-15(13-22-20)19(27)23-18-12-17(24-31-18)21(2,3)4/h11-14H,5-10H2,1-4H3,(H,23,27). The van der Waals surface area contributed by atoms with E-state index in [2.05, 4.69) is 22.4 Å². The zero-order valence-electron chi connectivity index (χ0n) is 18.8. The van der Waals surface area contributed by atoms with Crippen LogP contribution in [0.25, 0.3) is 0 Å². The average Bonchev–Trinajstić information content (AvgIpc) is 3.22. The lowest BCUT2D eigenvalue weighted by Gasteiger charge is -2.36. The predicted octanol–water partition coefficient (Wildman–Crippen LogP) is 2.79. The van der Waals surface area contributed by atoms with Gasteiger partial charge in [-0.2, -0.15) is 12.7 Å². The van der Waals surface area contributed by atoms with E-state index in [1.54, 1.807) is 6.07 Å². The molecule has 0 unspecified atom stereocenters. The molecule has 0 aromatic carbocycles. The molecule has 32 heavy (non-hydrogen) atoms. The Hall–Kier alpha value is -2.66. The van der Waals surface area contributed by atoms with E-state index in [4.69, 9.17) is 9.26 Å². The minimum absolute atomic E-state index is 0.158. The van der Waals surface area contributed by atoms with E-state index in [1.165, 1.54) is 20.9 Å². The van der Waals surface area contributed by atoms with Crippen LogP contribution in [0.1, 0.15) is 56.6 Å². The maximum Gasteiger partial charge on any atom is 0.304 e. The van der Waals surface area contributed by atoms with E-state index in [0.717, 1.165) is 12.8 Å². The fourth-order valence-corrected chi connectivity index (χ4v) is 5.30. The highest BCUT2D eigenvalue weighted by atomic mass is 32.2. The van der Waals surface area contributed by atoms with Gasteiger partial charge in [-0.1, -0.05) is 32.9 Å². The van der Waals surface area contributed by atoms with Gasteiger partial charge in [-0.15, -0.1) is 0 Å². The van der Waals surface area contributed by atoms with Gasteiger partial charge in [0.2, 0.25) is 11.8 Å². The highest BCUT2D eigenvalue weighted by Crippen LogP contribution is 2.34. The summed E-state index contributed by atoms with van der Waals surface area (Å²) in [4.78, 5) is 17.0. The van der Waals surface area contributed by atoms with Crippen molar-refractivity contribution in [1.29, 1.82) is 0 Å². The summed E-state index contributed by atoms with van der Waals surface area (Å²) in [6, 6.07) is 3.16. The lowest BCUT2D eigenvalue weighted by molar-refractivity contribution is 0.102. The zero-order valence-corrected chi connectivity index (χ0v) is 19.6. The zero-order chi connectivity index (χ0) is 23.1. The summed E-state index contributed by atoms with van der Waals surface area (Å²) in [6.45, 7) is 9.40. The topological polar surface area (TPSA) is 118 Å². The number of anilines is 2. The minimum Gasteiger partial charge on any atom is -0.474 e. The molecule has 10 nitrogen and oxygen atoms in total. The van der Waals surface area contributed by atoms with Crippen LogP contribution in [-0.4, -0.2) is 55.0 Å². The van der Waals surface area contributed by atoms with Gasteiger partial charge in [0.15, 0.2) is 0 Å². The van der Waals surface area contributed by atoms with Crippen molar-refractivity contribution in [2.45, 2.75) is 46.0 Å². The first-order valence-electron chi connectivity index (χ1n) is 10.7. The summed E-state index contributed by atoms with van der Waals surface area (Å²) in [7, 11) is -3.75. The lowest BCUT2D eigenvalue weighted by Crippen LogP contribution is -2.49. The quantitative estimate of drug-likeness (QED) is 0.741. The van der Waals surface area contributed by atoms with Crippen LogP contribution >= 0.6 is 0 Å². The molecule has 2 aromatic heterocycles. The fourth-order valence-electron chi connectivity index (χ4n) is 3.67. The highest BCUT2D eigenvalue weighted by molar-refractivity contribution is 7.90. The summed E-state index contributed by atoms with van der Waals surface area (Å²) in [5.41, 5.74) is 0.932. The number of fused-ring (bicyclic) bond motifs is 1. The minimum atomic E-state index is -3.75.